The molecular formula is C17H13Cl2FN2O2. The van der Waals surface area contributed by atoms with Gasteiger partial charge in [0.25, 0.3) is 5.91 Å². The van der Waals surface area contributed by atoms with Crippen molar-refractivity contribution >= 4 is 41.1 Å². The van der Waals surface area contributed by atoms with Crippen LogP contribution in [0.1, 0.15) is 11.1 Å². The lowest BCUT2D eigenvalue weighted by molar-refractivity contribution is -0.126. The molecule has 2 N–H and O–H groups in total. The summed E-state index contributed by atoms with van der Waals surface area (Å²) >= 11 is 11.9. The summed E-state index contributed by atoms with van der Waals surface area (Å²) in [6, 6.07) is 10.6. The smallest absolute Gasteiger partial charge is 0.262 e. The molecule has 2 amide bonds. The Bertz CT molecular complexity index is 777. The number of hydrogen-bond acceptors (Lipinski definition) is 2. The first-order valence-electron chi connectivity index (χ1n) is 6.91. The highest BCUT2D eigenvalue weighted by Crippen LogP contribution is 2.26. The van der Waals surface area contributed by atoms with Crippen LogP contribution in [0.25, 0.3) is 6.08 Å². The molecule has 0 spiro atoms. The van der Waals surface area contributed by atoms with Gasteiger partial charge < -0.3 is 0 Å². The molecule has 0 aliphatic heterocycles. The van der Waals surface area contributed by atoms with E-state index in [0.29, 0.717) is 21.2 Å². The molecule has 2 aromatic rings. The van der Waals surface area contributed by atoms with Crippen molar-refractivity contribution in [1.29, 1.82) is 0 Å². The average Bonchev–Trinajstić information content (AvgIpc) is 2.56. The Hall–Kier alpha value is -2.37. The van der Waals surface area contributed by atoms with Crippen LogP contribution in [0.3, 0.4) is 0 Å². The van der Waals surface area contributed by atoms with Crippen molar-refractivity contribution in [2.75, 3.05) is 0 Å². The minimum absolute atomic E-state index is 0.0182. The van der Waals surface area contributed by atoms with Crippen LogP contribution < -0.4 is 10.9 Å². The van der Waals surface area contributed by atoms with Crippen LogP contribution in [0.5, 0.6) is 0 Å². The molecule has 4 nitrogen and oxygen atoms in total. The van der Waals surface area contributed by atoms with Crippen molar-refractivity contribution in [3.8, 4) is 0 Å². The molecule has 0 radical (unpaired) electrons. The maximum absolute atomic E-state index is 12.8. The Morgan fingerprint density at radius 1 is 1.04 bits per heavy atom. The molecular weight excluding hydrogens is 354 g/mol. The third kappa shape index (κ3) is 5.37. The number of carbonyl (C=O) groups excluding carboxylic acids is 2. The lowest BCUT2D eigenvalue weighted by atomic mass is 10.1. The summed E-state index contributed by atoms with van der Waals surface area (Å²) in [6.07, 6.45) is 2.72. The van der Waals surface area contributed by atoms with Gasteiger partial charge in [-0.3, -0.25) is 20.4 Å². The number of hydrogen-bond donors (Lipinski definition) is 2. The number of benzene rings is 2. The Kier molecular flexibility index (Phi) is 6.35. The molecule has 0 saturated heterocycles. The number of rotatable bonds is 4. The Morgan fingerprint density at radius 3 is 2.46 bits per heavy atom. The summed E-state index contributed by atoms with van der Waals surface area (Å²) in [7, 11) is 0. The summed E-state index contributed by atoms with van der Waals surface area (Å²) in [6.45, 7) is 0. The summed E-state index contributed by atoms with van der Waals surface area (Å²) in [5.74, 6) is -1.33. The second-order valence-electron chi connectivity index (χ2n) is 4.82. The molecule has 2 aromatic carbocycles. The van der Waals surface area contributed by atoms with E-state index in [4.69, 9.17) is 23.2 Å². The average molecular weight is 367 g/mol. The lowest BCUT2D eigenvalue weighted by Gasteiger charge is -2.05. The van der Waals surface area contributed by atoms with Crippen molar-refractivity contribution in [3.05, 3.63) is 75.5 Å². The number of halogens is 3. The third-order valence-corrected chi connectivity index (χ3v) is 3.83. The molecule has 0 bridgehead atoms. The maximum Gasteiger partial charge on any atom is 0.262 e. The van der Waals surface area contributed by atoms with Crippen LogP contribution in [0, 0.1) is 5.82 Å². The zero-order valence-electron chi connectivity index (χ0n) is 12.4. The topological polar surface area (TPSA) is 58.2 Å². The Balaban J connectivity index is 1.84. The van der Waals surface area contributed by atoms with Gasteiger partial charge >= 0.3 is 0 Å². The lowest BCUT2D eigenvalue weighted by Crippen LogP contribution is -2.41. The molecule has 0 unspecified atom stereocenters. The minimum atomic E-state index is -0.529. The van der Waals surface area contributed by atoms with Crippen LogP contribution >= 0.6 is 23.2 Å². The molecule has 0 fully saturated rings. The van der Waals surface area contributed by atoms with Crippen LogP contribution in [0.15, 0.2) is 48.5 Å². The van der Waals surface area contributed by atoms with Crippen molar-refractivity contribution < 1.29 is 14.0 Å². The highest BCUT2D eigenvalue weighted by molar-refractivity contribution is 6.42. The molecule has 2 rings (SSSR count). The van der Waals surface area contributed by atoms with E-state index in [-0.39, 0.29) is 12.2 Å². The second kappa shape index (κ2) is 8.47. The number of hydrazine groups is 1. The van der Waals surface area contributed by atoms with Gasteiger partial charge in [-0.25, -0.2) is 4.39 Å². The van der Waals surface area contributed by atoms with Gasteiger partial charge in [0.15, 0.2) is 0 Å². The minimum Gasteiger partial charge on any atom is -0.273 e. The second-order valence-corrected chi connectivity index (χ2v) is 5.60. The molecule has 0 aliphatic rings. The molecule has 0 saturated carbocycles. The SMILES string of the molecule is O=C(/C=C/c1cccc(Cl)c1Cl)NNC(=O)Cc1ccc(F)cc1. The van der Waals surface area contributed by atoms with Gasteiger partial charge in [0.05, 0.1) is 16.5 Å². The van der Waals surface area contributed by atoms with Crippen LogP contribution in [-0.2, 0) is 16.0 Å². The normalized spacial score (nSPS) is 10.6. The summed E-state index contributed by atoms with van der Waals surface area (Å²) in [5, 5.41) is 0.718. The summed E-state index contributed by atoms with van der Waals surface area (Å²) in [4.78, 5) is 23.4. The standard InChI is InChI=1S/C17H13Cl2FN2O2/c18-14-3-1-2-12(17(14)19)6-9-15(23)21-22-16(24)10-11-4-7-13(20)8-5-11/h1-9H,10H2,(H,21,23)(H,22,24)/b9-6+. The van der Waals surface area contributed by atoms with Gasteiger partial charge in [-0.15, -0.1) is 0 Å². The Morgan fingerprint density at radius 2 is 1.75 bits per heavy atom. The van der Waals surface area contributed by atoms with E-state index in [1.807, 2.05) is 0 Å². The highest BCUT2D eigenvalue weighted by Gasteiger charge is 2.05. The number of amides is 2. The Labute approximate surface area is 148 Å². The van der Waals surface area contributed by atoms with Crippen molar-refractivity contribution in [3.63, 3.8) is 0 Å². The first kappa shape index (κ1) is 18.0. The molecule has 0 aliphatic carbocycles. The summed E-state index contributed by atoms with van der Waals surface area (Å²) in [5.41, 5.74) is 5.72. The van der Waals surface area contributed by atoms with Crippen molar-refractivity contribution in [2.24, 2.45) is 0 Å². The van der Waals surface area contributed by atoms with E-state index in [0.717, 1.165) is 0 Å². The van der Waals surface area contributed by atoms with E-state index in [1.165, 1.54) is 36.4 Å². The third-order valence-electron chi connectivity index (χ3n) is 3.00. The van der Waals surface area contributed by atoms with Gasteiger partial charge in [-0.2, -0.15) is 0 Å². The fourth-order valence-electron chi connectivity index (χ4n) is 1.82. The molecule has 0 atom stereocenters. The van der Waals surface area contributed by atoms with E-state index >= 15 is 0 Å². The van der Waals surface area contributed by atoms with Gasteiger partial charge in [-0.1, -0.05) is 47.5 Å². The van der Waals surface area contributed by atoms with E-state index in [9.17, 15) is 14.0 Å². The van der Waals surface area contributed by atoms with Crippen molar-refractivity contribution in [1.82, 2.24) is 10.9 Å². The number of carbonyl (C=O) groups is 2. The van der Waals surface area contributed by atoms with Gasteiger partial charge in [0.2, 0.25) is 5.91 Å². The van der Waals surface area contributed by atoms with E-state index in [2.05, 4.69) is 10.9 Å². The number of nitrogens with one attached hydrogen (secondary N) is 2. The molecule has 124 valence electrons. The quantitative estimate of drug-likeness (QED) is 0.642. The van der Waals surface area contributed by atoms with Crippen LogP contribution in [0.4, 0.5) is 4.39 Å². The first-order chi connectivity index (χ1) is 11.5. The fourth-order valence-corrected chi connectivity index (χ4v) is 2.19. The van der Waals surface area contributed by atoms with Crippen LogP contribution in [-0.4, -0.2) is 11.8 Å². The van der Waals surface area contributed by atoms with Gasteiger partial charge in [0, 0.05) is 6.08 Å². The van der Waals surface area contributed by atoms with Crippen molar-refractivity contribution in [2.45, 2.75) is 6.42 Å². The zero-order chi connectivity index (χ0) is 17.5. The maximum atomic E-state index is 12.8. The van der Waals surface area contributed by atoms with E-state index < -0.39 is 11.8 Å². The van der Waals surface area contributed by atoms with E-state index in [1.54, 1.807) is 18.2 Å². The molecule has 0 heterocycles. The molecule has 0 aromatic heterocycles. The van der Waals surface area contributed by atoms with Gasteiger partial charge in [0.1, 0.15) is 5.82 Å². The predicted octanol–water partition coefficient (Wildman–Crippen LogP) is 3.54. The molecule has 24 heavy (non-hydrogen) atoms. The first-order valence-corrected chi connectivity index (χ1v) is 7.66. The molecule has 7 heteroatoms. The predicted molar refractivity (Wildman–Crippen MR) is 91.9 cm³/mol. The van der Waals surface area contributed by atoms with Crippen LogP contribution in [0.2, 0.25) is 10.0 Å². The monoisotopic (exact) mass is 366 g/mol. The zero-order valence-corrected chi connectivity index (χ0v) is 13.9. The largest absolute Gasteiger partial charge is 0.273 e. The summed E-state index contributed by atoms with van der Waals surface area (Å²) < 4.78 is 12.8. The van der Waals surface area contributed by atoms with Gasteiger partial charge in [-0.05, 0) is 35.4 Å². The highest BCUT2D eigenvalue weighted by atomic mass is 35.5. The fraction of sp³-hybridized carbons (Fsp3) is 0.0588.